The number of ether oxygens (including phenoxy) is 2. The normalized spacial score (nSPS) is 14.8. The third-order valence-corrected chi connectivity index (χ3v) is 4.82. The molecule has 30 heavy (non-hydrogen) atoms. The number of methoxy groups -OCH3 is 2. The van der Waals surface area contributed by atoms with Gasteiger partial charge in [0, 0.05) is 5.56 Å². The maximum Gasteiger partial charge on any atom is 0.252 e. The number of nitrogens with zero attached hydrogens (tertiary/aromatic N) is 3. The van der Waals surface area contributed by atoms with Gasteiger partial charge in [0.25, 0.3) is 5.91 Å². The monoisotopic (exact) mass is 407 g/mol. The predicted molar refractivity (Wildman–Crippen MR) is 111 cm³/mol. The SMILES string of the molecule is COc1ccc(-c2nc3n(n2)[C@@H](CC(=O)Nc2cc(C)ccc2OC)C(=O)N3)cc1. The van der Waals surface area contributed by atoms with E-state index in [1.165, 1.54) is 11.8 Å². The summed E-state index contributed by atoms with van der Waals surface area (Å²) >= 11 is 0. The molecule has 0 bridgehead atoms. The number of amides is 2. The molecule has 9 heteroatoms. The summed E-state index contributed by atoms with van der Waals surface area (Å²) in [4.78, 5) is 29.4. The molecule has 1 aromatic heterocycles. The average Bonchev–Trinajstić information content (AvgIpc) is 3.27. The Bertz CT molecular complexity index is 1110. The lowest BCUT2D eigenvalue weighted by molar-refractivity contribution is -0.123. The molecule has 0 unspecified atom stereocenters. The first-order valence-electron chi connectivity index (χ1n) is 9.35. The number of hydrogen-bond acceptors (Lipinski definition) is 6. The second-order valence-electron chi connectivity index (χ2n) is 6.89. The number of anilines is 2. The highest BCUT2D eigenvalue weighted by Gasteiger charge is 2.35. The van der Waals surface area contributed by atoms with Gasteiger partial charge >= 0.3 is 0 Å². The van der Waals surface area contributed by atoms with Gasteiger partial charge < -0.3 is 14.8 Å². The van der Waals surface area contributed by atoms with Crippen LogP contribution < -0.4 is 20.1 Å². The van der Waals surface area contributed by atoms with E-state index in [9.17, 15) is 9.59 Å². The highest BCUT2D eigenvalue weighted by atomic mass is 16.5. The molecule has 0 spiro atoms. The van der Waals surface area contributed by atoms with Gasteiger partial charge in [-0.2, -0.15) is 4.98 Å². The summed E-state index contributed by atoms with van der Waals surface area (Å²) < 4.78 is 11.9. The number of nitrogens with one attached hydrogen (secondary N) is 2. The van der Waals surface area contributed by atoms with Gasteiger partial charge in [0.05, 0.1) is 26.3 Å². The molecule has 3 aromatic rings. The van der Waals surface area contributed by atoms with Crippen molar-refractivity contribution < 1.29 is 19.1 Å². The molecular weight excluding hydrogens is 386 g/mol. The Balaban J connectivity index is 1.52. The smallest absolute Gasteiger partial charge is 0.252 e. The number of aromatic nitrogens is 3. The fraction of sp³-hybridized carbons (Fsp3) is 0.238. The van der Waals surface area contributed by atoms with Crippen LogP contribution in [-0.2, 0) is 9.59 Å². The Kier molecular flexibility index (Phi) is 5.09. The molecule has 1 aliphatic rings. The van der Waals surface area contributed by atoms with Crippen LogP contribution in [0, 0.1) is 6.92 Å². The van der Waals surface area contributed by atoms with E-state index in [0.29, 0.717) is 23.2 Å². The molecule has 0 saturated heterocycles. The maximum atomic E-state index is 12.6. The summed E-state index contributed by atoms with van der Waals surface area (Å²) in [6, 6.07) is 12.0. The lowest BCUT2D eigenvalue weighted by Gasteiger charge is -2.13. The molecule has 2 amide bonds. The second kappa shape index (κ2) is 7.86. The Labute approximate surface area is 173 Å². The Hall–Kier alpha value is -3.88. The van der Waals surface area contributed by atoms with Crippen LogP contribution in [-0.4, -0.2) is 40.8 Å². The van der Waals surface area contributed by atoms with Crippen molar-refractivity contribution in [1.82, 2.24) is 14.8 Å². The van der Waals surface area contributed by atoms with Gasteiger partial charge in [0.2, 0.25) is 11.9 Å². The van der Waals surface area contributed by atoms with Gasteiger partial charge in [-0.3, -0.25) is 14.9 Å². The number of rotatable bonds is 6. The molecule has 1 aliphatic heterocycles. The molecule has 0 aliphatic carbocycles. The van der Waals surface area contributed by atoms with Crippen molar-refractivity contribution in [3.05, 3.63) is 48.0 Å². The van der Waals surface area contributed by atoms with Gasteiger partial charge in [-0.15, -0.1) is 5.10 Å². The van der Waals surface area contributed by atoms with Crippen molar-refractivity contribution in [2.24, 2.45) is 0 Å². The highest BCUT2D eigenvalue weighted by molar-refractivity contribution is 6.01. The molecule has 2 aromatic carbocycles. The third-order valence-electron chi connectivity index (χ3n) is 4.82. The van der Waals surface area contributed by atoms with Crippen LogP contribution >= 0.6 is 0 Å². The van der Waals surface area contributed by atoms with Crippen molar-refractivity contribution >= 4 is 23.5 Å². The number of fused-ring (bicyclic) bond motifs is 1. The van der Waals surface area contributed by atoms with Gasteiger partial charge in [0.15, 0.2) is 5.82 Å². The topological polar surface area (TPSA) is 107 Å². The standard InChI is InChI=1S/C21H21N5O4/c1-12-4-9-17(30-3)15(10-12)22-18(27)11-16-20(28)24-21-23-19(25-26(16)21)13-5-7-14(29-2)8-6-13/h4-10,16H,11H2,1-3H3,(H,22,27)(H,23,24,25,28)/t16-/m0/s1. The van der Waals surface area contributed by atoms with Crippen LogP contribution in [0.4, 0.5) is 11.6 Å². The second-order valence-corrected chi connectivity index (χ2v) is 6.89. The third kappa shape index (κ3) is 3.69. The maximum absolute atomic E-state index is 12.6. The van der Waals surface area contributed by atoms with Gasteiger partial charge in [-0.05, 0) is 48.9 Å². The summed E-state index contributed by atoms with van der Waals surface area (Å²) in [5, 5.41) is 9.93. The lowest BCUT2D eigenvalue weighted by atomic mass is 10.1. The van der Waals surface area contributed by atoms with Gasteiger partial charge in [-0.1, -0.05) is 6.07 Å². The molecule has 154 valence electrons. The van der Waals surface area contributed by atoms with E-state index in [4.69, 9.17) is 9.47 Å². The van der Waals surface area contributed by atoms with E-state index in [2.05, 4.69) is 20.7 Å². The quantitative estimate of drug-likeness (QED) is 0.651. The molecular formula is C21H21N5O4. The zero-order chi connectivity index (χ0) is 21.3. The van der Waals surface area contributed by atoms with E-state index in [1.807, 2.05) is 31.2 Å². The Morgan fingerprint density at radius 1 is 1.17 bits per heavy atom. The van der Waals surface area contributed by atoms with Crippen LogP contribution in [0.5, 0.6) is 11.5 Å². The predicted octanol–water partition coefficient (Wildman–Crippen LogP) is 2.79. The zero-order valence-electron chi connectivity index (χ0n) is 16.8. The number of benzene rings is 2. The minimum Gasteiger partial charge on any atom is -0.497 e. The molecule has 1 atom stereocenters. The van der Waals surface area contributed by atoms with Crippen LogP contribution in [0.3, 0.4) is 0 Å². The molecule has 0 radical (unpaired) electrons. The first-order chi connectivity index (χ1) is 14.5. The molecule has 0 fully saturated rings. The van der Waals surface area contributed by atoms with E-state index < -0.39 is 6.04 Å². The van der Waals surface area contributed by atoms with E-state index in [0.717, 1.165) is 16.9 Å². The molecule has 4 rings (SSSR count). The number of hydrogen-bond donors (Lipinski definition) is 2. The number of aryl methyl sites for hydroxylation is 1. The van der Waals surface area contributed by atoms with Gasteiger partial charge in [0.1, 0.15) is 17.5 Å². The van der Waals surface area contributed by atoms with Crippen LogP contribution in [0.1, 0.15) is 18.0 Å². The van der Waals surface area contributed by atoms with Crippen molar-refractivity contribution in [2.45, 2.75) is 19.4 Å². The zero-order valence-corrected chi connectivity index (χ0v) is 16.8. The minimum atomic E-state index is -0.782. The summed E-state index contributed by atoms with van der Waals surface area (Å²) in [5.74, 6) is 1.40. The lowest BCUT2D eigenvalue weighted by Crippen LogP contribution is -2.24. The first kappa shape index (κ1) is 19.4. The van der Waals surface area contributed by atoms with Crippen LogP contribution in [0.15, 0.2) is 42.5 Å². The Morgan fingerprint density at radius 2 is 1.93 bits per heavy atom. The number of carbonyl (C=O) groups excluding carboxylic acids is 2. The summed E-state index contributed by atoms with van der Waals surface area (Å²) in [7, 11) is 3.13. The van der Waals surface area contributed by atoms with E-state index >= 15 is 0 Å². The Morgan fingerprint density at radius 3 is 2.63 bits per heavy atom. The van der Waals surface area contributed by atoms with Crippen molar-refractivity contribution in [2.75, 3.05) is 24.9 Å². The minimum absolute atomic E-state index is 0.0820. The largest absolute Gasteiger partial charge is 0.497 e. The van der Waals surface area contributed by atoms with Crippen LogP contribution in [0.25, 0.3) is 11.4 Å². The fourth-order valence-corrected chi connectivity index (χ4v) is 3.27. The number of carbonyl (C=O) groups is 2. The van der Waals surface area contributed by atoms with Crippen molar-refractivity contribution in [3.63, 3.8) is 0 Å². The summed E-state index contributed by atoms with van der Waals surface area (Å²) in [6.45, 7) is 1.92. The molecule has 0 saturated carbocycles. The average molecular weight is 407 g/mol. The molecule has 2 N–H and O–H groups in total. The molecule has 2 heterocycles. The fourth-order valence-electron chi connectivity index (χ4n) is 3.27. The molecule has 9 nitrogen and oxygen atoms in total. The first-order valence-corrected chi connectivity index (χ1v) is 9.35. The van der Waals surface area contributed by atoms with Gasteiger partial charge in [-0.25, -0.2) is 4.68 Å². The van der Waals surface area contributed by atoms with Crippen molar-refractivity contribution in [1.29, 1.82) is 0 Å². The van der Waals surface area contributed by atoms with Crippen molar-refractivity contribution in [3.8, 4) is 22.9 Å². The van der Waals surface area contributed by atoms with E-state index in [-0.39, 0.29) is 18.2 Å². The summed E-state index contributed by atoms with van der Waals surface area (Å²) in [5.41, 5.74) is 2.31. The summed E-state index contributed by atoms with van der Waals surface area (Å²) in [6.07, 6.45) is -0.0820. The highest BCUT2D eigenvalue weighted by Crippen LogP contribution is 2.30. The van der Waals surface area contributed by atoms with E-state index in [1.54, 1.807) is 25.3 Å². The van der Waals surface area contributed by atoms with Crippen LogP contribution in [0.2, 0.25) is 0 Å².